The number of carbonyl (C=O) groups is 3. The van der Waals surface area contributed by atoms with Crippen molar-refractivity contribution >= 4 is 35.1 Å². The minimum absolute atomic E-state index is 0.116. The van der Waals surface area contributed by atoms with Crippen LogP contribution in [0.25, 0.3) is 0 Å². The molecule has 1 aliphatic rings. The first-order valence-electron chi connectivity index (χ1n) is 8.63. The smallest absolute Gasteiger partial charge is 0.335 e. The van der Waals surface area contributed by atoms with E-state index in [1.807, 2.05) is 0 Å². The van der Waals surface area contributed by atoms with Gasteiger partial charge in [0, 0.05) is 23.7 Å². The minimum atomic E-state index is -1.02. The van der Waals surface area contributed by atoms with Crippen molar-refractivity contribution in [3.8, 4) is 0 Å². The lowest BCUT2D eigenvalue weighted by Crippen LogP contribution is -2.41. The van der Waals surface area contributed by atoms with Gasteiger partial charge in [0.25, 0.3) is 0 Å². The fraction of sp³-hybridized carbons (Fsp3) is 0.250. The van der Waals surface area contributed by atoms with Crippen LogP contribution < -0.4 is 10.2 Å². The molecule has 2 aromatic rings. The normalized spacial score (nSPS) is 16.4. The third kappa shape index (κ3) is 4.46. The second kappa shape index (κ2) is 8.22. The molecule has 3 rings (SSSR count). The summed E-state index contributed by atoms with van der Waals surface area (Å²) in [4.78, 5) is 37.6. The Morgan fingerprint density at radius 1 is 1.19 bits per heavy atom. The lowest BCUT2D eigenvalue weighted by Gasteiger charge is -2.17. The van der Waals surface area contributed by atoms with Gasteiger partial charge in [-0.25, -0.2) is 4.79 Å². The molecule has 0 aliphatic carbocycles. The Balaban J connectivity index is 1.58. The highest BCUT2D eigenvalue weighted by molar-refractivity contribution is 6.31. The Kier molecular flexibility index (Phi) is 5.76. The Morgan fingerprint density at radius 2 is 1.96 bits per heavy atom. The van der Waals surface area contributed by atoms with Crippen molar-refractivity contribution in [2.45, 2.75) is 25.3 Å². The highest BCUT2D eigenvalue weighted by atomic mass is 35.5. The Hall–Kier alpha value is -2.86. The Labute approximate surface area is 161 Å². The molecule has 0 aromatic heterocycles. The van der Waals surface area contributed by atoms with Gasteiger partial charge in [0.1, 0.15) is 6.04 Å². The summed E-state index contributed by atoms with van der Waals surface area (Å²) in [6.07, 6.45) is 0.932. The average Bonchev–Trinajstić information content (AvgIpc) is 3.00. The van der Waals surface area contributed by atoms with Gasteiger partial charge in [-0.3, -0.25) is 9.59 Å². The number of aryl methyl sites for hydroxylation is 1. The molecule has 140 valence electrons. The zero-order valence-corrected chi connectivity index (χ0v) is 15.3. The second-order valence-electron chi connectivity index (χ2n) is 6.34. The zero-order chi connectivity index (χ0) is 19.4. The number of anilines is 1. The lowest BCUT2D eigenvalue weighted by molar-refractivity contribution is -0.126. The number of amides is 2. The molecule has 0 radical (unpaired) electrons. The van der Waals surface area contributed by atoms with Crippen molar-refractivity contribution in [1.82, 2.24) is 5.32 Å². The first-order chi connectivity index (χ1) is 13.0. The molecule has 1 saturated heterocycles. The van der Waals surface area contributed by atoms with Gasteiger partial charge in [-0.05, 0) is 42.7 Å². The molecule has 6 nitrogen and oxygen atoms in total. The van der Waals surface area contributed by atoms with Crippen LogP contribution in [0.4, 0.5) is 5.69 Å². The summed E-state index contributed by atoms with van der Waals surface area (Å²) in [5.41, 5.74) is 1.49. The number of benzene rings is 2. The van der Waals surface area contributed by atoms with E-state index in [1.165, 1.54) is 6.07 Å². The molecule has 1 fully saturated rings. The molecule has 2 aromatic carbocycles. The van der Waals surface area contributed by atoms with Gasteiger partial charge in [-0.1, -0.05) is 35.9 Å². The van der Waals surface area contributed by atoms with E-state index in [4.69, 9.17) is 11.6 Å². The van der Waals surface area contributed by atoms with Crippen LogP contribution in [0.1, 0.15) is 28.8 Å². The van der Waals surface area contributed by atoms with Crippen LogP contribution >= 0.6 is 11.6 Å². The number of carboxylic acid groups (broad SMARTS) is 1. The maximum Gasteiger partial charge on any atom is 0.335 e. The quantitative estimate of drug-likeness (QED) is 0.799. The average molecular weight is 387 g/mol. The van der Waals surface area contributed by atoms with Gasteiger partial charge in [-0.15, -0.1) is 0 Å². The van der Waals surface area contributed by atoms with Crippen molar-refractivity contribution in [2.24, 2.45) is 0 Å². The molecule has 27 heavy (non-hydrogen) atoms. The van der Waals surface area contributed by atoms with Crippen molar-refractivity contribution in [1.29, 1.82) is 0 Å². The van der Waals surface area contributed by atoms with Gasteiger partial charge in [0.05, 0.1) is 5.56 Å². The predicted molar refractivity (Wildman–Crippen MR) is 102 cm³/mol. The number of carbonyl (C=O) groups excluding carboxylic acids is 2. The standard InChI is InChI=1S/C20H19ClN2O4/c21-14-5-3-6-15(12-14)23-11-10-17(19(23)25)22-18(24)9-8-13-4-1-2-7-16(13)20(26)27/h1-7,12,17H,8-11H2,(H,22,24)(H,26,27). The fourth-order valence-corrected chi connectivity index (χ4v) is 3.36. The summed E-state index contributed by atoms with van der Waals surface area (Å²) >= 11 is 5.98. The second-order valence-corrected chi connectivity index (χ2v) is 6.78. The first kappa shape index (κ1) is 18.9. The monoisotopic (exact) mass is 386 g/mol. The number of halogens is 1. The Bertz CT molecular complexity index is 884. The van der Waals surface area contributed by atoms with E-state index in [-0.39, 0.29) is 23.8 Å². The number of nitrogens with zero attached hydrogens (tertiary/aromatic N) is 1. The van der Waals surface area contributed by atoms with Crippen molar-refractivity contribution in [3.63, 3.8) is 0 Å². The SMILES string of the molecule is O=C(CCc1ccccc1C(=O)O)NC1CCN(c2cccc(Cl)c2)C1=O. The highest BCUT2D eigenvalue weighted by Crippen LogP contribution is 2.24. The van der Waals surface area contributed by atoms with E-state index in [2.05, 4.69) is 5.32 Å². The fourth-order valence-electron chi connectivity index (χ4n) is 3.18. The van der Waals surface area contributed by atoms with Gasteiger partial charge >= 0.3 is 5.97 Å². The van der Waals surface area contributed by atoms with E-state index in [1.54, 1.807) is 47.4 Å². The molecule has 0 bridgehead atoms. The molecular formula is C20H19ClN2O4. The van der Waals surface area contributed by atoms with E-state index < -0.39 is 12.0 Å². The molecular weight excluding hydrogens is 368 g/mol. The van der Waals surface area contributed by atoms with Crippen LogP contribution in [-0.2, 0) is 16.0 Å². The van der Waals surface area contributed by atoms with Crippen LogP contribution in [0.15, 0.2) is 48.5 Å². The molecule has 1 aliphatic heterocycles. The maximum atomic E-state index is 12.6. The zero-order valence-electron chi connectivity index (χ0n) is 14.5. The van der Waals surface area contributed by atoms with E-state index in [0.29, 0.717) is 35.7 Å². The van der Waals surface area contributed by atoms with E-state index >= 15 is 0 Å². The summed E-state index contributed by atoms with van der Waals surface area (Å²) < 4.78 is 0. The van der Waals surface area contributed by atoms with Crippen LogP contribution in [0, 0.1) is 0 Å². The first-order valence-corrected chi connectivity index (χ1v) is 9.01. The van der Waals surface area contributed by atoms with Gasteiger partial charge in [0.15, 0.2) is 0 Å². The summed E-state index contributed by atoms with van der Waals surface area (Å²) in [5.74, 6) is -1.47. The minimum Gasteiger partial charge on any atom is -0.478 e. The number of hydrogen-bond donors (Lipinski definition) is 2. The van der Waals surface area contributed by atoms with E-state index in [9.17, 15) is 19.5 Å². The van der Waals surface area contributed by atoms with Crippen molar-refractivity contribution in [3.05, 3.63) is 64.7 Å². The third-order valence-corrected chi connectivity index (χ3v) is 4.76. The summed E-state index contributed by atoms with van der Waals surface area (Å²) in [5, 5.41) is 12.5. The predicted octanol–water partition coefficient (Wildman–Crippen LogP) is 2.89. The topological polar surface area (TPSA) is 86.7 Å². The lowest BCUT2D eigenvalue weighted by atomic mass is 10.0. The third-order valence-electron chi connectivity index (χ3n) is 4.53. The van der Waals surface area contributed by atoms with Gasteiger partial charge in [-0.2, -0.15) is 0 Å². The van der Waals surface area contributed by atoms with Crippen LogP contribution in [0.2, 0.25) is 5.02 Å². The molecule has 7 heteroatoms. The number of rotatable bonds is 6. The van der Waals surface area contributed by atoms with Crippen molar-refractivity contribution < 1.29 is 19.5 Å². The van der Waals surface area contributed by atoms with Crippen LogP contribution in [0.5, 0.6) is 0 Å². The number of aromatic carboxylic acids is 1. The summed E-state index contributed by atoms with van der Waals surface area (Å²) in [6, 6.07) is 13.0. The molecule has 1 heterocycles. The molecule has 2 N–H and O–H groups in total. The van der Waals surface area contributed by atoms with E-state index in [0.717, 1.165) is 0 Å². The van der Waals surface area contributed by atoms with Crippen LogP contribution in [0.3, 0.4) is 0 Å². The number of nitrogens with one attached hydrogen (secondary N) is 1. The van der Waals surface area contributed by atoms with Crippen LogP contribution in [-0.4, -0.2) is 35.5 Å². The number of hydrogen-bond acceptors (Lipinski definition) is 3. The van der Waals surface area contributed by atoms with Gasteiger partial charge in [0.2, 0.25) is 11.8 Å². The molecule has 1 atom stereocenters. The molecule has 1 unspecified atom stereocenters. The molecule has 2 amide bonds. The summed E-state index contributed by atoms with van der Waals surface area (Å²) in [7, 11) is 0. The molecule has 0 saturated carbocycles. The Morgan fingerprint density at radius 3 is 2.70 bits per heavy atom. The highest BCUT2D eigenvalue weighted by Gasteiger charge is 2.33. The largest absolute Gasteiger partial charge is 0.478 e. The maximum absolute atomic E-state index is 12.6. The molecule has 0 spiro atoms. The number of carboxylic acids is 1. The van der Waals surface area contributed by atoms with Gasteiger partial charge < -0.3 is 15.3 Å². The summed E-state index contributed by atoms with van der Waals surface area (Å²) in [6.45, 7) is 0.506. The van der Waals surface area contributed by atoms with Crippen molar-refractivity contribution in [2.75, 3.05) is 11.4 Å².